The molecule has 6 nitrogen and oxygen atoms in total. The van der Waals surface area contributed by atoms with Crippen LogP contribution in [0, 0.1) is 0 Å². The van der Waals surface area contributed by atoms with Gasteiger partial charge in [0.1, 0.15) is 17.2 Å². The van der Waals surface area contributed by atoms with Gasteiger partial charge in [-0.2, -0.15) is 0 Å². The molecule has 4 rings (SSSR count). The number of thiazole rings is 1. The van der Waals surface area contributed by atoms with E-state index < -0.39 is 0 Å². The number of amides is 1. The second kappa shape index (κ2) is 10.5. The third kappa shape index (κ3) is 5.50. The van der Waals surface area contributed by atoms with Gasteiger partial charge in [-0.05, 0) is 63.5 Å². The lowest BCUT2D eigenvalue weighted by Gasteiger charge is -2.23. The molecule has 0 spiro atoms. The first-order valence-corrected chi connectivity index (χ1v) is 11.7. The highest BCUT2D eigenvalue weighted by Crippen LogP contribution is 2.34. The molecule has 0 radical (unpaired) electrons. The van der Waals surface area contributed by atoms with Crippen molar-refractivity contribution in [1.82, 2.24) is 9.88 Å². The van der Waals surface area contributed by atoms with Gasteiger partial charge < -0.3 is 14.4 Å². The summed E-state index contributed by atoms with van der Waals surface area (Å²) in [6.45, 7) is 3.76. The predicted octanol–water partition coefficient (Wildman–Crippen LogP) is 5.70. The molecule has 0 N–H and O–H groups in total. The van der Waals surface area contributed by atoms with Gasteiger partial charge in [0.05, 0.1) is 22.4 Å². The van der Waals surface area contributed by atoms with Crippen LogP contribution in [0.2, 0.25) is 0 Å². The number of hydrogen-bond acceptors (Lipinski definition) is 6. The van der Waals surface area contributed by atoms with Gasteiger partial charge in [0, 0.05) is 13.1 Å². The molecule has 0 fully saturated rings. The van der Waals surface area contributed by atoms with Gasteiger partial charge in [0.25, 0.3) is 5.91 Å². The summed E-state index contributed by atoms with van der Waals surface area (Å²) >= 11 is 1.48. The summed E-state index contributed by atoms with van der Waals surface area (Å²) in [4.78, 5) is 22.3. The van der Waals surface area contributed by atoms with Gasteiger partial charge in [-0.15, -0.1) is 0 Å². The minimum Gasteiger partial charge on any atom is -0.494 e. The van der Waals surface area contributed by atoms with Crippen molar-refractivity contribution in [3.63, 3.8) is 0 Å². The van der Waals surface area contributed by atoms with E-state index in [1.807, 2.05) is 92.6 Å². The predicted molar refractivity (Wildman–Crippen MR) is 134 cm³/mol. The molecule has 0 aliphatic heterocycles. The maximum absolute atomic E-state index is 13.8. The summed E-state index contributed by atoms with van der Waals surface area (Å²) in [7, 11) is 3.98. The number of aromatic nitrogens is 1. The van der Waals surface area contributed by atoms with E-state index in [1.165, 1.54) is 11.3 Å². The highest BCUT2D eigenvalue weighted by atomic mass is 32.1. The number of ether oxygens (including phenoxy) is 2. The Hall–Kier alpha value is -3.42. The van der Waals surface area contributed by atoms with Crippen LogP contribution in [0.1, 0.15) is 17.3 Å². The van der Waals surface area contributed by atoms with Gasteiger partial charge in [-0.25, -0.2) is 4.98 Å². The summed E-state index contributed by atoms with van der Waals surface area (Å²) in [5.74, 6) is 1.85. The fourth-order valence-corrected chi connectivity index (χ4v) is 4.36. The quantitative estimate of drug-likeness (QED) is 0.320. The Balaban J connectivity index is 1.69. The standard InChI is InChI=1S/C26H27N3O3S/c1-4-31-20-14-15-22-24(18-20)33-26(27-22)29(17-16-28(2)3)25(30)21-12-8-9-13-23(21)32-19-10-6-5-7-11-19/h5-15,18H,4,16-17H2,1-3H3. The van der Waals surface area contributed by atoms with Crippen LogP contribution in [0.15, 0.2) is 72.8 Å². The second-order valence-electron chi connectivity index (χ2n) is 7.73. The largest absolute Gasteiger partial charge is 0.494 e. The Morgan fingerprint density at radius 1 is 0.939 bits per heavy atom. The molecular weight excluding hydrogens is 434 g/mol. The van der Waals surface area contributed by atoms with Gasteiger partial charge in [0.15, 0.2) is 5.13 Å². The van der Waals surface area contributed by atoms with Gasteiger partial charge in [0.2, 0.25) is 0 Å². The number of rotatable bonds is 9. The van der Waals surface area contributed by atoms with Crippen molar-refractivity contribution in [3.05, 3.63) is 78.4 Å². The minimum absolute atomic E-state index is 0.146. The smallest absolute Gasteiger partial charge is 0.263 e. The average molecular weight is 462 g/mol. The molecular formula is C26H27N3O3S. The molecule has 1 heterocycles. The number of carbonyl (C=O) groups is 1. The van der Waals surface area contributed by atoms with Crippen molar-refractivity contribution >= 4 is 32.6 Å². The lowest BCUT2D eigenvalue weighted by molar-refractivity contribution is 0.0983. The first-order valence-electron chi connectivity index (χ1n) is 10.9. The molecule has 1 aromatic heterocycles. The molecule has 0 bridgehead atoms. The van der Waals surface area contributed by atoms with E-state index in [1.54, 1.807) is 11.0 Å². The topological polar surface area (TPSA) is 54.9 Å². The van der Waals surface area contributed by atoms with Gasteiger partial charge in [-0.3, -0.25) is 9.69 Å². The van der Waals surface area contributed by atoms with E-state index >= 15 is 0 Å². The van der Waals surface area contributed by atoms with E-state index in [0.29, 0.717) is 41.9 Å². The maximum atomic E-state index is 13.8. The SMILES string of the molecule is CCOc1ccc2nc(N(CCN(C)C)C(=O)c3ccccc3Oc3ccccc3)sc2c1. The van der Waals surface area contributed by atoms with E-state index in [9.17, 15) is 4.79 Å². The lowest BCUT2D eigenvalue weighted by Crippen LogP contribution is -2.36. The second-order valence-corrected chi connectivity index (χ2v) is 8.74. The highest BCUT2D eigenvalue weighted by molar-refractivity contribution is 7.22. The molecule has 170 valence electrons. The van der Waals surface area contributed by atoms with Gasteiger partial charge >= 0.3 is 0 Å². The van der Waals surface area contributed by atoms with E-state index in [4.69, 9.17) is 14.5 Å². The van der Waals surface area contributed by atoms with Crippen LogP contribution in [0.5, 0.6) is 17.2 Å². The number of para-hydroxylation sites is 2. The summed E-state index contributed by atoms with van der Waals surface area (Å²) in [5.41, 5.74) is 1.34. The Morgan fingerprint density at radius 3 is 2.45 bits per heavy atom. The van der Waals surface area contributed by atoms with E-state index in [2.05, 4.69) is 0 Å². The Bertz CT molecular complexity index is 1220. The highest BCUT2D eigenvalue weighted by Gasteiger charge is 2.24. The van der Waals surface area contributed by atoms with Crippen molar-refractivity contribution in [2.45, 2.75) is 6.92 Å². The average Bonchev–Trinajstić information content (AvgIpc) is 3.23. The van der Waals surface area contributed by atoms with Crippen molar-refractivity contribution in [3.8, 4) is 17.2 Å². The fraction of sp³-hybridized carbons (Fsp3) is 0.231. The fourth-order valence-electron chi connectivity index (χ4n) is 3.34. The Labute approximate surface area is 198 Å². The van der Waals surface area contributed by atoms with Crippen LogP contribution in [0.4, 0.5) is 5.13 Å². The normalized spacial score (nSPS) is 11.0. The van der Waals surface area contributed by atoms with Crippen molar-refractivity contribution < 1.29 is 14.3 Å². The zero-order valence-corrected chi connectivity index (χ0v) is 19.8. The minimum atomic E-state index is -0.146. The molecule has 0 unspecified atom stereocenters. The van der Waals surface area contributed by atoms with Crippen molar-refractivity contribution in [2.24, 2.45) is 0 Å². The Morgan fingerprint density at radius 2 is 1.70 bits per heavy atom. The number of hydrogen-bond donors (Lipinski definition) is 0. The van der Waals surface area contributed by atoms with Crippen LogP contribution < -0.4 is 14.4 Å². The van der Waals surface area contributed by atoms with Crippen molar-refractivity contribution in [1.29, 1.82) is 0 Å². The van der Waals surface area contributed by atoms with Crippen LogP contribution >= 0.6 is 11.3 Å². The van der Waals surface area contributed by atoms with Crippen LogP contribution in [0.25, 0.3) is 10.2 Å². The number of carbonyl (C=O) groups excluding carboxylic acids is 1. The molecule has 1 amide bonds. The summed E-state index contributed by atoms with van der Waals surface area (Å²) in [6.07, 6.45) is 0. The molecule has 33 heavy (non-hydrogen) atoms. The number of benzene rings is 3. The summed E-state index contributed by atoms with van der Waals surface area (Å²) < 4.78 is 12.7. The Kier molecular flexibility index (Phi) is 7.22. The lowest BCUT2D eigenvalue weighted by atomic mass is 10.1. The molecule has 0 atom stereocenters. The zero-order valence-electron chi connectivity index (χ0n) is 19.0. The molecule has 0 saturated heterocycles. The van der Waals surface area contributed by atoms with Crippen molar-refractivity contribution in [2.75, 3.05) is 38.7 Å². The molecule has 4 aromatic rings. The number of likely N-dealkylation sites (N-methyl/N-ethyl adjacent to an activating group) is 1. The zero-order chi connectivity index (χ0) is 23.2. The van der Waals surface area contributed by atoms with E-state index in [-0.39, 0.29) is 5.91 Å². The molecule has 7 heteroatoms. The third-order valence-corrected chi connectivity index (χ3v) is 6.04. The molecule has 0 saturated carbocycles. The molecule has 0 aliphatic carbocycles. The number of nitrogens with zero attached hydrogens (tertiary/aromatic N) is 3. The van der Waals surface area contributed by atoms with Crippen LogP contribution in [-0.2, 0) is 0 Å². The maximum Gasteiger partial charge on any atom is 0.263 e. The van der Waals surface area contributed by atoms with E-state index in [0.717, 1.165) is 16.0 Å². The molecule has 0 aliphatic rings. The van der Waals surface area contributed by atoms with Crippen LogP contribution in [0.3, 0.4) is 0 Å². The number of fused-ring (bicyclic) bond motifs is 1. The molecule has 3 aromatic carbocycles. The monoisotopic (exact) mass is 461 g/mol. The third-order valence-electron chi connectivity index (χ3n) is 4.99. The summed E-state index contributed by atoms with van der Waals surface area (Å²) in [6, 6.07) is 22.6. The first kappa shape index (κ1) is 22.8. The first-order chi connectivity index (χ1) is 16.0. The van der Waals surface area contributed by atoms with Crippen LogP contribution in [-0.4, -0.2) is 49.6 Å². The summed E-state index contributed by atoms with van der Waals surface area (Å²) in [5, 5.41) is 0.653. The number of anilines is 1. The van der Waals surface area contributed by atoms with Gasteiger partial charge in [-0.1, -0.05) is 41.7 Å².